The number of piperidine rings is 1. The third-order valence-electron chi connectivity index (χ3n) is 5.38. The number of carbonyl (C=O) groups excluding carboxylic acids is 2. The number of nitrogens with zero attached hydrogens (tertiary/aromatic N) is 2. The molecule has 2 aromatic carbocycles. The fourth-order valence-corrected chi connectivity index (χ4v) is 4.38. The Bertz CT molecular complexity index is 899. The molecule has 0 aromatic heterocycles. The van der Waals surface area contributed by atoms with Crippen molar-refractivity contribution in [3.8, 4) is 0 Å². The van der Waals surface area contributed by atoms with Gasteiger partial charge >= 0.3 is 0 Å². The largest absolute Gasteiger partial charge is 0.354 e. The van der Waals surface area contributed by atoms with Crippen molar-refractivity contribution in [3.05, 3.63) is 53.6 Å². The number of rotatable bonds is 3. The van der Waals surface area contributed by atoms with Gasteiger partial charge < -0.3 is 15.1 Å². The molecule has 0 spiro atoms. The van der Waals surface area contributed by atoms with Gasteiger partial charge in [-0.15, -0.1) is 11.8 Å². The van der Waals surface area contributed by atoms with Gasteiger partial charge in [0, 0.05) is 29.7 Å². The number of hydrogen-bond donors (Lipinski definition) is 1. The molecular weight excluding hydrogens is 358 g/mol. The molecule has 140 valence electrons. The monoisotopic (exact) mass is 381 g/mol. The molecule has 2 aromatic rings. The van der Waals surface area contributed by atoms with Crippen LogP contribution in [-0.4, -0.2) is 42.7 Å². The summed E-state index contributed by atoms with van der Waals surface area (Å²) in [6.07, 6.45) is 5.25. The number of benzene rings is 2. The van der Waals surface area contributed by atoms with Crippen LogP contribution in [0.4, 0.5) is 11.4 Å². The molecule has 2 amide bonds. The van der Waals surface area contributed by atoms with Crippen molar-refractivity contribution in [3.63, 3.8) is 0 Å². The van der Waals surface area contributed by atoms with Crippen LogP contribution in [0.15, 0.2) is 47.4 Å². The Kier molecular flexibility index (Phi) is 4.83. The molecule has 0 saturated carbocycles. The Morgan fingerprint density at radius 2 is 2.04 bits per heavy atom. The van der Waals surface area contributed by atoms with Crippen LogP contribution in [0, 0.1) is 0 Å². The maximum Gasteiger partial charge on any atom is 0.257 e. The van der Waals surface area contributed by atoms with Crippen molar-refractivity contribution in [1.82, 2.24) is 4.90 Å². The number of fused-ring (bicyclic) bond motifs is 2. The minimum absolute atomic E-state index is 0.0763. The summed E-state index contributed by atoms with van der Waals surface area (Å²) in [7, 11) is 2.01. The third-order valence-corrected chi connectivity index (χ3v) is 6.10. The first kappa shape index (κ1) is 17.9. The van der Waals surface area contributed by atoms with Crippen LogP contribution in [0.2, 0.25) is 0 Å². The molecule has 0 unspecified atom stereocenters. The second-order valence-corrected chi connectivity index (χ2v) is 7.88. The Morgan fingerprint density at radius 3 is 2.85 bits per heavy atom. The van der Waals surface area contributed by atoms with Crippen LogP contribution < -0.4 is 10.2 Å². The van der Waals surface area contributed by atoms with Gasteiger partial charge in [-0.05, 0) is 61.9 Å². The lowest BCUT2D eigenvalue weighted by molar-refractivity contribution is 0.0589. The number of carbonyl (C=O) groups is 2. The highest BCUT2D eigenvalue weighted by Gasteiger charge is 2.37. The summed E-state index contributed by atoms with van der Waals surface area (Å²) >= 11 is 1.64. The molecule has 1 fully saturated rings. The number of amides is 2. The molecule has 2 aliphatic rings. The third kappa shape index (κ3) is 3.30. The Hall–Kier alpha value is -2.47. The van der Waals surface area contributed by atoms with Gasteiger partial charge in [0.1, 0.15) is 6.17 Å². The van der Waals surface area contributed by atoms with Crippen molar-refractivity contribution in [2.45, 2.75) is 30.3 Å². The van der Waals surface area contributed by atoms with Crippen molar-refractivity contribution < 1.29 is 9.59 Å². The maximum atomic E-state index is 12.8. The van der Waals surface area contributed by atoms with Gasteiger partial charge in [-0.1, -0.05) is 6.07 Å². The second-order valence-electron chi connectivity index (χ2n) is 7.00. The Labute approximate surface area is 163 Å². The Balaban J connectivity index is 1.61. The van der Waals surface area contributed by atoms with Gasteiger partial charge in [0.25, 0.3) is 11.8 Å². The molecule has 1 saturated heterocycles. The predicted molar refractivity (Wildman–Crippen MR) is 110 cm³/mol. The van der Waals surface area contributed by atoms with Gasteiger partial charge in [0.15, 0.2) is 0 Å². The molecule has 2 aliphatic heterocycles. The first-order valence-corrected chi connectivity index (χ1v) is 10.4. The van der Waals surface area contributed by atoms with Gasteiger partial charge in [-0.2, -0.15) is 0 Å². The quantitative estimate of drug-likeness (QED) is 0.815. The van der Waals surface area contributed by atoms with E-state index in [4.69, 9.17) is 0 Å². The molecule has 0 bridgehead atoms. The first-order chi connectivity index (χ1) is 13.1. The van der Waals surface area contributed by atoms with Crippen molar-refractivity contribution >= 4 is 35.0 Å². The summed E-state index contributed by atoms with van der Waals surface area (Å²) in [5.74, 6) is -0.0876. The van der Waals surface area contributed by atoms with E-state index in [-0.39, 0.29) is 18.0 Å². The van der Waals surface area contributed by atoms with E-state index in [1.165, 1.54) is 0 Å². The maximum absolute atomic E-state index is 12.8. The van der Waals surface area contributed by atoms with Crippen molar-refractivity contribution in [2.24, 2.45) is 0 Å². The van der Waals surface area contributed by atoms with Crippen LogP contribution in [0.3, 0.4) is 0 Å². The van der Waals surface area contributed by atoms with Gasteiger partial charge in [-0.3, -0.25) is 9.59 Å². The molecule has 1 N–H and O–H groups in total. The van der Waals surface area contributed by atoms with E-state index in [0.29, 0.717) is 11.1 Å². The summed E-state index contributed by atoms with van der Waals surface area (Å²) in [6, 6.07) is 13.1. The van der Waals surface area contributed by atoms with Crippen molar-refractivity contribution in [1.29, 1.82) is 0 Å². The van der Waals surface area contributed by atoms with E-state index in [9.17, 15) is 9.59 Å². The van der Waals surface area contributed by atoms with Gasteiger partial charge in [0.05, 0.1) is 11.3 Å². The normalized spacial score (nSPS) is 18.7. The first-order valence-electron chi connectivity index (χ1n) is 9.22. The van der Waals surface area contributed by atoms with Crippen LogP contribution in [-0.2, 0) is 0 Å². The zero-order valence-corrected chi connectivity index (χ0v) is 16.4. The highest BCUT2D eigenvalue weighted by molar-refractivity contribution is 7.98. The van der Waals surface area contributed by atoms with Crippen LogP contribution in [0.25, 0.3) is 0 Å². The number of thioether (sulfide) groups is 1. The van der Waals surface area contributed by atoms with Crippen LogP contribution in [0.1, 0.15) is 40.0 Å². The summed E-state index contributed by atoms with van der Waals surface area (Å²) in [5, 5.41) is 2.96. The minimum Gasteiger partial charge on any atom is -0.354 e. The van der Waals surface area contributed by atoms with E-state index < -0.39 is 0 Å². The SMILES string of the molecule is CSc1cccc(NC(=O)c2ccc3c(c2)N(C)[C@@H]2CCCCN2C3=O)c1. The summed E-state index contributed by atoms with van der Waals surface area (Å²) < 4.78 is 0. The van der Waals surface area contributed by atoms with E-state index >= 15 is 0 Å². The average molecular weight is 382 g/mol. The molecule has 5 nitrogen and oxygen atoms in total. The summed E-state index contributed by atoms with van der Waals surface area (Å²) in [5.41, 5.74) is 2.85. The molecule has 27 heavy (non-hydrogen) atoms. The smallest absolute Gasteiger partial charge is 0.257 e. The number of hydrogen-bond acceptors (Lipinski definition) is 4. The minimum atomic E-state index is -0.164. The molecule has 1 atom stereocenters. The van der Waals surface area contributed by atoms with E-state index in [0.717, 1.165) is 42.1 Å². The highest BCUT2D eigenvalue weighted by atomic mass is 32.2. The summed E-state index contributed by atoms with van der Waals surface area (Å²) in [4.78, 5) is 30.8. The highest BCUT2D eigenvalue weighted by Crippen LogP contribution is 2.35. The van der Waals surface area contributed by atoms with Gasteiger partial charge in [-0.25, -0.2) is 0 Å². The molecule has 4 rings (SSSR count). The lowest BCUT2D eigenvalue weighted by Crippen LogP contribution is -2.55. The lowest BCUT2D eigenvalue weighted by Gasteiger charge is -2.46. The van der Waals surface area contributed by atoms with Crippen LogP contribution >= 0.6 is 11.8 Å². The second kappa shape index (κ2) is 7.27. The lowest BCUT2D eigenvalue weighted by atomic mass is 9.97. The molecular formula is C21H23N3O2S. The topological polar surface area (TPSA) is 52.7 Å². The molecule has 0 aliphatic carbocycles. The van der Waals surface area contributed by atoms with E-state index in [1.807, 2.05) is 48.5 Å². The zero-order chi connectivity index (χ0) is 19.0. The fourth-order valence-electron chi connectivity index (χ4n) is 3.92. The number of anilines is 2. The van der Waals surface area contributed by atoms with E-state index in [1.54, 1.807) is 23.9 Å². The molecule has 0 radical (unpaired) electrons. The zero-order valence-electron chi connectivity index (χ0n) is 15.6. The Morgan fingerprint density at radius 1 is 1.19 bits per heavy atom. The average Bonchev–Trinajstić information content (AvgIpc) is 2.71. The van der Waals surface area contributed by atoms with Crippen molar-refractivity contribution in [2.75, 3.05) is 30.1 Å². The molecule has 6 heteroatoms. The molecule has 2 heterocycles. The van der Waals surface area contributed by atoms with Gasteiger partial charge in [0.2, 0.25) is 0 Å². The number of nitrogens with one attached hydrogen (secondary N) is 1. The standard InChI is InChI=1S/C21H23N3O2S/c1-23-18-12-14(20(25)22-15-6-5-7-16(13-15)27-2)9-10-17(18)21(26)24-11-4-3-8-19(23)24/h5-7,9-10,12-13,19H,3-4,8,11H2,1-2H3,(H,22,25)/t19-/m0/s1. The van der Waals surface area contributed by atoms with E-state index in [2.05, 4.69) is 10.2 Å². The van der Waals surface area contributed by atoms with Crippen LogP contribution in [0.5, 0.6) is 0 Å². The summed E-state index contributed by atoms with van der Waals surface area (Å²) in [6.45, 7) is 0.807. The fraction of sp³-hybridized carbons (Fsp3) is 0.333. The predicted octanol–water partition coefficient (Wildman–Crippen LogP) is 4.06.